The Kier molecular flexibility index (Phi) is 6.92. The molecule has 0 fully saturated rings. The smallest absolute Gasteiger partial charge is 0.331 e. The third kappa shape index (κ3) is 4.78. The summed E-state index contributed by atoms with van der Waals surface area (Å²) in [7, 11) is 0. The van der Waals surface area contributed by atoms with Crippen molar-refractivity contribution in [2.75, 3.05) is 5.32 Å². The first-order valence-electron chi connectivity index (χ1n) is 11.5. The predicted molar refractivity (Wildman–Crippen MR) is 137 cm³/mol. The number of hydrogen-bond acceptors (Lipinski definition) is 3. The summed E-state index contributed by atoms with van der Waals surface area (Å²) in [6.07, 6.45) is 4.73. The van der Waals surface area contributed by atoms with Gasteiger partial charge in [0.2, 0.25) is 5.91 Å². The van der Waals surface area contributed by atoms with Crippen molar-refractivity contribution < 1.29 is 4.79 Å². The Morgan fingerprint density at radius 3 is 2.29 bits per heavy atom. The second kappa shape index (κ2) is 10.2. The van der Waals surface area contributed by atoms with Crippen molar-refractivity contribution in [3.8, 4) is 11.3 Å². The molecule has 2 aromatic carbocycles. The van der Waals surface area contributed by atoms with E-state index in [1.54, 1.807) is 10.6 Å². The molecule has 0 aliphatic rings. The van der Waals surface area contributed by atoms with Gasteiger partial charge in [0.15, 0.2) is 0 Å². The molecule has 0 spiro atoms. The highest BCUT2D eigenvalue weighted by Crippen LogP contribution is 2.23. The molecule has 0 atom stereocenters. The van der Waals surface area contributed by atoms with Crippen LogP contribution in [-0.4, -0.2) is 20.0 Å². The maximum absolute atomic E-state index is 12.9. The summed E-state index contributed by atoms with van der Waals surface area (Å²) >= 11 is 0. The van der Waals surface area contributed by atoms with Gasteiger partial charge in [0.05, 0.1) is 5.52 Å². The van der Waals surface area contributed by atoms with Gasteiger partial charge >= 0.3 is 5.69 Å². The van der Waals surface area contributed by atoms with Crippen molar-refractivity contribution in [3.05, 3.63) is 93.1 Å². The molecular formula is C27H28N4O3. The van der Waals surface area contributed by atoms with Gasteiger partial charge in [-0.25, -0.2) is 4.79 Å². The van der Waals surface area contributed by atoms with E-state index in [1.165, 1.54) is 10.6 Å². The van der Waals surface area contributed by atoms with Crippen molar-refractivity contribution in [1.82, 2.24) is 14.1 Å². The first-order valence-corrected chi connectivity index (χ1v) is 11.5. The molecule has 4 aromatic rings. The molecule has 0 aliphatic carbocycles. The van der Waals surface area contributed by atoms with Crippen molar-refractivity contribution in [2.45, 2.75) is 39.8 Å². The second-order valence-electron chi connectivity index (χ2n) is 8.14. The van der Waals surface area contributed by atoms with Gasteiger partial charge in [-0.3, -0.25) is 18.7 Å². The predicted octanol–water partition coefficient (Wildman–Crippen LogP) is 4.63. The summed E-state index contributed by atoms with van der Waals surface area (Å²) < 4.78 is 2.99. The number of para-hydroxylation sites is 1. The van der Waals surface area contributed by atoms with Crippen LogP contribution in [0, 0.1) is 0 Å². The summed E-state index contributed by atoms with van der Waals surface area (Å²) in [5.41, 5.74) is 3.79. The average Bonchev–Trinajstić information content (AvgIpc) is 3.30. The Bertz CT molecular complexity index is 1440. The molecule has 174 valence electrons. The maximum atomic E-state index is 12.9. The van der Waals surface area contributed by atoms with Gasteiger partial charge in [0.25, 0.3) is 5.56 Å². The molecule has 0 bridgehead atoms. The highest BCUT2D eigenvalue weighted by molar-refractivity contribution is 6.01. The van der Waals surface area contributed by atoms with Gasteiger partial charge in [-0.15, -0.1) is 0 Å². The van der Waals surface area contributed by atoms with E-state index >= 15 is 0 Å². The lowest BCUT2D eigenvalue weighted by Crippen LogP contribution is -2.39. The fraction of sp³-hybridized carbons (Fsp3) is 0.222. The van der Waals surface area contributed by atoms with E-state index in [1.807, 2.05) is 74.5 Å². The highest BCUT2D eigenvalue weighted by atomic mass is 16.2. The molecule has 0 aliphatic heterocycles. The number of fused-ring (bicyclic) bond motifs is 1. The molecule has 0 saturated carbocycles. The van der Waals surface area contributed by atoms with Crippen LogP contribution < -0.4 is 16.6 Å². The molecule has 7 nitrogen and oxygen atoms in total. The maximum Gasteiger partial charge on any atom is 0.331 e. The Morgan fingerprint density at radius 1 is 0.941 bits per heavy atom. The minimum Gasteiger partial charge on any atom is -0.349 e. The van der Waals surface area contributed by atoms with Crippen molar-refractivity contribution in [1.29, 1.82) is 0 Å². The van der Waals surface area contributed by atoms with Crippen LogP contribution in [0.3, 0.4) is 0 Å². The zero-order valence-corrected chi connectivity index (χ0v) is 19.4. The van der Waals surface area contributed by atoms with Crippen LogP contribution in [-0.2, 0) is 17.9 Å². The van der Waals surface area contributed by atoms with Crippen LogP contribution in [0.25, 0.3) is 28.4 Å². The zero-order chi connectivity index (χ0) is 24.1. The molecule has 0 saturated heterocycles. The average molecular weight is 457 g/mol. The van der Waals surface area contributed by atoms with Gasteiger partial charge in [-0.05, 0) is 48.2 Å². The standard InChI is InChI=1S/C27H28N4O3/c1-3-16-30-23-18-22(29-25(23)26(33)31(17-4-2)27(30)34)20-13-10-19(11-14-20)12-15-24(32)28-21-8-6-5-7-9-21/h5-15,18,29H,3-4,16-17H2,1-2H3,(H,28,32). The number of H-pyrrole nitrogens is 1. The van der Waals surface area contributed by atoms with Crippen LogP contribution in [0.5, 0.6) is 0 Å². The molecule has 7 heteroatoms. The molecular weight excluding hydrogens is 428 g/mol. The van der Waals surface area contributed by atoms with Gasteiger partial charge < -0.3 is 10.3 Å². The van der Waals surface area contributed by atoms with E-state index in [9.17, 15) is 14.4 Å². The number of carbonyl (C=O) groups excluding carboxylic acids is 1. The van der Waals surface area contributed by atoms with Gasteiger partial charge in [0, 0.05) is 30.5 Å². The molecule has 2 aromatic heterocycles. The Labute approximate surface area is 197 Å². The molecule has 4 rings (SSSR count). The summed E-state index contributed by atoms with van der Waals surface area (Å²) in [4.78, 5) is 41.2. The monoisotopic (exact) mass is 456 g/mol. The number of nitrogens with zero attached hydrogens (tertiary/aromatic N) is 2. The lowest BCUT2D eigenvalue weighted by molar-refractivity contribution is -0.111. The van der Waals surface area contributed by atoms with E-state index in [2.05, 4.69) is 10.3 Å². The summed E-state index contributed by atoms with van der Waals surface area (Å²) in [5.74, 6) is -0.205. The van der Waals surface area contributed by atoms with Crippen LogP contribution in [0.1, 0.15) is 32.3 Å². The minimum absolute atomic E-state index is 0.205. The lowest BCUT2D eigenvalue weighted by Gasteiger charge is -2.10. The molecule has 0 unspecified atom stereocenters. The normalized spacial score (nSPS) is 11.4. The SMILES string of the molecule is CCCn1c(=O)c2[nH]c(-c3ccc(C=CC(=O)Nc4ccccc4)cc3)cc2n(CCC)c1=O. The van der Waals surface area contributed by atoms with Crippen molar-refractivity contribution in [3.63, 3.8) is 0 Å². The number of benzene rings is 2. The van der Waals surface area contributed by atoms with Crippen molar-refractivity contribution >= 4 is 28.7 Å². The van der Waals surface area contributed by atoms with E-state index in [4.69, 9.17) is 0 Å². The number of aromatic nitrogens is 3. The van der Waals surface area contributed by atoms with E-state index in [-0.39, 0.29) is 17.2 Å². The molecule has 1 amide bonds. The fourth-order valence-electron chi connectivity index (χ4n) is 3.96. The number of anilines is 1. The first kappa shape index (κ1) is 23.0. The van der Waals surface area contributed by atoms with Crippen LogP contribution in [0.4, 0.5) is 5.69 Å². The highest BCUT2D eigenvalue weighted by Gasteiger charge is 2.15. The zero-order valence-electron chi connectivity index (χ0n) is 19.4. The number of aryl methyl sites for hydroxylation is 1. The summed E-state index contributed by atoms with van der Waals surface area (Å²) in [5, 5.41) is 2.81. The number of hydrogen-bond donors (Lipinski definition) is 2. The quantitative estimate of drug-likeness (QED) is 0.379. The Hall–Kier alpha value is -4.13. The Balaban J connectivity index is 1.60. The third-order valence-corrected chi connectivity index (χ3v) is 5.59. The van der Waals surface area contributed by atoms with Crippen LogP contribution in [0.2, 0.25) is 0 Å². The molecule has 2 heterocycles. The topological polar surface area (TPSA) is 88.9 Å². The number of nitrogens with one attached hydrogen (secondary N) is 2. The van der Waals surface area contributed by atoms with E-state index in [0.29, 0.717) is 30.5 Å². The second-order valence-corrected chi connectivity index (χ2v) is 8.14. The van der Waals surface area contributed by atoms with Crippen LogP contribution in [0.15, 0.2) is 76.3 Å². The first-order chi connectivity index (χ1) is 16.5. The number of amides is 1. The fourth-order valence-corrected chi connectivity index (χ4v) is 3.96. The molecule has 0 radical (unpaired) electrons. The summed E-state index contributed by atoms with van der Waals surface area (Å²) in [6, 6.07) is 18.8. The minimum atomic E-state index is -0.288. The lowest BCUT2D eigenvalue weighted by atomic mass is 10.1. The van der Waals surface area contributed by atoms with Gasteiger partial charge in [-0.1, -0.05) is 56.3 Å². The van der Waals surface area contributed by atoms with Crippen molar-refractivity contribution in [2.24, 2.45) is 0 Å². The van der Waals surface area contributed by atoms with Crippen LogP contribution >= 0.6 is 0 Å². The van der Waals surface area contributed by atoms with E-state index < -0.39 is 0 Å². The third-order valence-electron chi connectivity index (χ3n) is 5.59. The number of carbonyl (C=O) groups is 1. The largest absolute Gasteiger partial charge is 0.349 e. The van der Waals surface area contributed by atoms with E-state index in [0.717, 1.165) is 28.9 Å². The number of aromatic amines is 1. The Morgan fingerprint density at radius 2 is 1.62 bits per heavy atom. The van der Waals surface area contributed by atoms with Gasteiger partial charge in [0.1, 0.15) is 5.52 Å². The number of rotatable bonds is 8. The molecule has 2 N–H and O–H groups in total. The van der Waals surface area contributed by atoms with Gasteiger partial charge in [-0.2, -0.15) is 0 Å². The molecule has 34 heavy (non-hydrogen) atoms. The summed E-state index contributed by atoms with van der Waals surface area (Å²) in [6.45, 7) is 4.89.